The average Bonchev–Trinajstić information content (AvgIpc) is 3.61. The lowest BCUT2D eigenvalue weighted by atomic mass is 10.2. The molecule has 1 aromatic heterocycles. The second-order valence-electron chi connectivity index (χ2n) is 9.91. The second-order valence-corrected chi connectivity index (χ2v) is 11.6. The molecule has 0 bridgehead atoms. The van der Waals surface area contributed by atoms with E-state index in [0.717, 1.165) is 0 Å². The summed E-state index contributed by atoms with van der Waals surface area (Å²) in [6.07, 6.45) is 0.515. The number of carbonyl (C=O) groups excluding carboxylic acids is 1. The Hall–Kier alpha value is -5.08. The number of hydrogen-bond donors (Lipinski definition) is 3. The van der Waals surface area contributed by atoms with Crippen LogP contribution in [0.1, 0.15) is 46.7 Å². The Bertz CT molecular complexity index is 1840. The summed E-state index contributed by atoms with van der Waals surface area (Å²) in [5.74, 6) is -0.403. The number of benzene rings is 3. The van der Waals surface area contributed by atoms with Gasteiger partial charge in [0.2, 0.25) is 22.7 Å². The summed E-state index contributed by atoms with van der Waals surface area (Å²) in [6, 6.07) is 15.1. The zero-order valence-corrected chi connectivity index (χ0v) is 25.1. The fourth-order valence-corrected chi connectivity index (χ4v) is 5.82. The van der Waals surface area contributed by atoms with Gasteiger partial charge in [-0.1, -0.05) is 6.92 Å². The van der Waals surface area contributed by atoms with Crippen molar-refractivity contribution >= 4 is 27.6 Å². The fourth-order valence-electron chi connectivity index (χ4n) is 4.34. The third-order valence-electron chi connectivity index (χ3n) is 6.89. The maximum absolute atomic E-state index is 13.6. The van der Waals surface area contributed by atoms with Crippen LogP contribution < -0.4 is 29.0 Å². The van der Waals surface area contributed by atoms with Crippen molar-refractivity contribution in [2.24, 2.45) is 0 Å². The van der Waals surface area contributed by atoms with E-state index < -0.39 is 27.9 Å². The van der Waals surface area contributed by atoms with Crippen molar-refractivity contribution in [3.63, 3.8) is 0 Å². The van der Waals surface area contributed by atoms with Crippen molar-refractivity contribution < 1.29 is 42.1 Å². The minimum atomic E-state index is -4.19. The summed E-state index contributed by atoms with van der Waals surface area (Å²) >= 11 is 0. The molecule has 1 amide bonds. The Labute approximate surface area is 253 Å². The number of aromatic carboxylic acids is 1. The number of carboxylic acids is 1. The van der Waals surface area contributed by atoms with Gasteiger partial charge in [0, 0.05) is 22.9 Å². The molecule has 5 rings (SSSR count). The highest BCUT2D eigenvalue weighted by Crippen LogP contribution is 2.36. The van der Waals surface area contributed by atoms with Gasteiger partial charge < -0.3 is 29.4 Å². The average molecular weight is 623 g/mol. The number of fused-ring (bicyclic) bond motifs is 1. The summed E-state index contributed by atoms with van der Waals surface area (Å²) in [5, 5.41) is 16.7. The smallest absolute Gasteiger partial charge is 0.356 e. The number of amides is 1. The van der Waals surface area contributed by atoms with Crippen molar-refractivity contribution in [3.8, 4) is 34.6 Å². The number of carboxylic acid groups (broad SMARTS) is 1. The van der Waals surface area contributed by atoms with Crippen LogP contribution in [0.5, 0.6) is 28.9 Å². The van der Waals surface area contributed by atoms with E-state index in [-0.39, 0.29) is 45.8 Å². The third-order valence-corrected chi connectivity index (χ3v) is 8.50. The highest BCUT2D eigenvalue weighted by atomic mass is 32.2. The number of anilines is 1. The zero-order chi connectivity index (χ0) is 31.6. The molecule has 0 fully saturated rings. The summed E-state index contributed by atoms with van der Waals surface area (Å²) in [5.41, 5.74) is 0.802. The summed E-state index contributed by atoms with van der Waals surface area (Å²) in [6.45, 7) is 5.11. The summed E-state index contributed by atoms with van der Waals surface area (Å²) in [4.78, 5) is 24.7. The predicted octanol–water partition coefficient (Wildman–Crippen LogP) is 4.74. The highest BCUT2D eigenvalue weighted by Gasteiger charge is 2.27. The van der Waals surface area contributed by atoms with Crippen LogP contribution in [-0.4, -0.2) is 55.1 Å². The number of ether oxygens (including phenoxy) is 4. The molecule has 0 saturated carbocycles. The normalized spacial score (nSPS) is 12.9. The molecule has 0 aliphatic carbocycles. The van der Waals surface area contributed by atoms with Gasteiger partial charge >= 0.3 is 5.97 Å². The first kappa shape index (κ1) is 30.4. The topological polar surface area (TPSA) is 167 Å². The Kier molecular flexibility index (Phi) is 8.47. The summed E-state index contributed by atoms with van der Waals surface area (Å²) < 4.78 is 53.1. The van der Waals surface area contributed by atoms with Crippen molar-refractivity contribution in [2.45, 2.75) is 38.1 Å². The molecule has 0 saturated heterocycles. The maximum Gasteiger partial charge on any atom is 0.356 e. The minimum absolute atomic E-state index is 0.00953. The maximum atomic E-state index is 13.6. The molecular formula is C30H30N4O9S. The van der Waals surface area contributed by atoms with Crippen molar-refractivity contribution in [1.82, 2.24) is 14.5 Å². The number of nitrogens with zero attached hydrogens (tertiary/aromatic N) is 2. The van der Waals surface area contributed by atoms with E-state index in [9.17, 15) is 23.1 Å². The van der Waals surface area contributed by atoms with Gasteiger partial charge in [0.15, 0.2) is 17.2 Å². The standard InChI is InChI=1S/C30H30N4O9S/c1-5-17(2)33-44(38,39)26-15-20(31-28(35)19-6-12-23-25(14-19)42-16-41-23)7-13-24(26)43-29-18(3)27(30(36)37)32-34(29)21-8-10-22(40-4)11-9-21/h6-15,17,33H,5,16H2,1-4H3,(H,31,35)(H,36,37). The van der Waals surface area contributed by atoms with Gasteiger partial charge in [0.1, 0.15) is 16.4 Å². The number of sulfonamides is 1. The van der Waals surface area contributed by atoms with Crippen molar-refractivity contribution in [1.29, 1.82) is 0 Å². The van der Waals surface area contributed by atoms with Gasteiger partial charge in [-0.25, -0.2) is 17.9 Å². The van der Waals surface area contributed by atoms with Gasteiger partial charge in [-0.05, 0) is 80.9 Å². The number of methoxy groups -OCH3 is 1. The number of carbonyl (C=O) groups is 2. The van der Waals surface area contributed by atoms with E-state index in [1.54, 1.807) is 43.3 Å². The molecule has 1 aliphatic rings. The van der Waals surface area contributed by atoms with E-state index in [0.29, 0.717) is 29.4 Å². The lowest BCUT2D eigenvalue weighted by Gasteiger charge is -2.18. The van der Waals surface area contributed by atoms with Crippen LogP contribution in [0.3, 0.4) is 0 Å². The van der Waals surface area contributed by atoms with Crippen LogP contribution in [0.25, 0.3) is 5.69 Å². The monoisotopic (exact) mass is 622 g/mol. The molecular weight excluding hydrogens is 592 g/mol. The third kappa shape index (κ3) is 6.16. The molecule has 230 valence electrons. The van der Waals surface area contributed by atoms with Crippen LogP contribution in [0.4, 0.5) is 5.69 Å². The number of nitrogens with one attached hydrogen (secondary N) is 2. The van der Waals surface area contributed by atoms with Crippen molar-refractivity contribution in [2.75, 3.05) is 19.2 Å². The second kappa shape index (κ2) is 12.3. The molecule has 3 aromatic carbocycles. The summed E-state index contributed by atoms with van der Waals surface area (Å²) in [7, 11) is -2.67. The largest absolute Gasteiger partial charge is 0.497 e. The quantitative estimate of drug-likeness (QED) is 0.213. The van der Waals surface area contributed by atoms with E-state index in [1.165, 1.54) is 43.0 Å². The molecule has 1 aliphatic heterocycles. The first-order chi connectivity index (χ1) is 21.0. The molecule has 44 heavy (non-hydrogen) atoms. The lowest BCUT2D eigenvalue weighted by molar-refractivity contribution is 0.0689. The molecule has 2 heterocycles. The van der Waals surface area contributed by atoms with Crippen LogP contribution in [0, 0.1) is 6.92 Å². The molecule has 3 N–H and O–H groups in total. The van der Waals surface area contributed by atoms with Gasteiger partial charge in [-0.3, -0.25) is 4.79 Å². The Balaban J connectivity index is 1.55. The predicted molar refractivity (Wildman–Crippen MR) is 159 cm³/mol. The SMILES string of the molecule is CCC(C)NS(=O)(=O)c1cc(NC(=O)c2ccc3c(c2)OCO3)ccc1Oc1c(C)c(C(=O)O)nn1-c1ccc(OC)cc1. The first-order valence-corrected chi connectivity index (χ1v) is 15.0. The minimum Gasteiger partial charge on any atom is -0.497 e. The molecule has 1 unspecified atom stereocenters. The van der Waals surface area contributed by atoms with Gasteiger partial charge in [-0.2, -0.15) is 9.78 Å². The van der Waals surface area contributed by atoms with Gasteiger partial charge in [0.05, 0.1) is 12.8 Å². The number of hydrogen-bond acceptors (Lipinski definition) is 9. The molecule has 4 aromatic rings. The van der Waals surface area contributed by atoms with Crippen LogP contribution >= 0.6 is 0 Å². The number of rotatable bonds is 11. The number of aromatic nitrogens is 2. The molecule has 1 atom stereocenters. The lowest BCUT2D eigenvalue weighted by Crippen LogP contribution is -2.32. The van der Waals surface area contributed by atoms with Crippen molar-refractivity contribution in [3.05, 3.63) is 77.5 Å². The molecule has 13 nitrogen and oxygen atoms in total. The van der Waals surface area contributed by atoms with E-state index in [1.807, 2.05) is 6.92 Å². The van der Waals surface area contributed by atoms with Crippen LogP contribution in [0.15, 0.2) is 65.6 Å². The van der Waals surface area contributed by atoms with E-state index in [2.05, 4.69) is 15.1 Å². The van der Waals surface area contributed by atoms with Gasteiger partial charge in [0.25, 0.3) is 5.91 Å². The Morgan fingerprint density at radius 2 is 1.80 bits per heavy atom. The van der Waals surface area contributed by atoms with E-state index in [4.69, 9.17) is 18.9 Å². The van der Waals surface area contributed by atoms with E-state index >= 15 is 0 Å². The first-order valence-electron chi connectivity index (χ1n) is 13.5. The van der Waals surface area contributed by atoms with Crippen LogP contribution in [-0.2, 0) is 10.0 Å². The van der Waals surface area contributed by atoms with Crippen LogP contribution in [0.2, 0.25) is 0 Å². The molecule has 0 spiro atoms. The fraction of sp³-hybridized carbons (Fsp3) is 0.233. The van der Waals surface area contributed by atoms with Gasteiger partial charge in [-0.15, -0.1) is 0 Å². The molecule has 14 heteroatoms. The Morgan fingerprint density at radius 1 is 1.07 bits per heavy atom. The molecule has 0 radical (unpaired) electrons. The highest BCUT2D eigenvalue weighted by molar-refractivity contribution is 7.89. The Morgan fingerprint density at radius 3 is 2.48 bits per heavy atom. The zero-order valence-electron chi connectivity index (χ0n) is 24.3.